The number of nitrogens with two attached hydrogens (primary N) is 1. The fraction of sp³-hybridized carbons (Fsp3) is 0.300. The number of fused-ring (bicyclic) bond motifs is 2. The molecule has 2 aliphatic carbocycles. The molecule has 151 valence electrons. The lowest BCUT2D eigenvalue weighted by atomic mass is 9.82. The zero-order valence-corrected chi connectivity index (χ0v) is 16.6. The first-order valence-electron chi connectivity index (χ1n) is 9.45. The smallest absolute Gasteiger partial charge is 0.394 e. The van der Waals surface area contributed by atoms with E-state index in [9.17, 15) is 18.4 Å². The molecule has 29 heavy (non-hydrogen) atoms. The van der Waals surface area contributed by atoms with Gasteiger partial charge in [-0.05, 0) is 17.1 Å². The Labute approximate surface area is 169 Å². The van der Waals surface area contributed by atoms with Crippen LogP contribution in [0.25, 0.3) is 0 Å². The predicted molar refractivity (Wildman–Crippen MR) is 106 cm³/mol. The van der Waals surface area contributed by atoms with Gasteiger partial charge in [-0.1, -0.05) is 43.5 Å². The van der Waals surface area contributed by atoms with Crippen molar-refractivity contribution in [2.24, 2.45) is 0 Å². The van der Waals surface area contributed by atoms with Gasteiger partial charge in [0.25, 0.3) is 4.90 Å². The van der Waals surface area contributed by atoms with E-state index in [1.165, 1.54) is 12.1 Å². The highest BCUT2D eigenvalue weighted by molar-refractivity contribution is 7.93. The molecule has 0 saturated heterocycles. The Morgan fingerprint density at radius 2 is 1.62 bits per heavy atom. The van der Waals surface area contributed by atoms with Gasteiger partial charge < -0.3 is 11.1 Å². The molecule has 2 aromatic rings. The summed E-state index contributed by atoms with van der Waals surface area (Å²) >= 11 is 0. The van der Waals surface area contributed by atoms with Crippen LogP contribution in [0.5, 0.6) is 0 Å². The molecule has 0 aliphatic heterocycles. The summed E-state index contributed by atoms with van der Waals surface area (Å²) < 4.78 is 29.2. The lowest BCUT2D eigenvalue weighted by Gasteiger charge is -2.27. The van der Waals surface area contributed by atoms with Gasteiger partial charge in [0, 0.05) is 23.2 Å². The number of rotatable bonds is 4. The van der Waals surface area contributed by atoms with Crippen LogP contribution in [-0.2, 0) is 23.5 Å². The largest absolute Gasteiger partial charge is 0.484 e. The van der Waals surface area contributed by atoms with Crippen LogP contribution < -0.4 is 16.9 Å². The second-order valence-corrected chi connectivity index (χ2v) is 8.92. The SMILES string of the molecule is Nc1c([S+]([O])(=O)O[NH3+])cc(NC2CCCCC2)c2c1C(=O)c1ccccc1C2=O. The minimum absolute atomic E-state index is 0.0766. The van der Waals surface area contributed by atoms with Crippen molar-refractivity contribution in [1.29, 1.82) is 0 Å². The molecule has 9 heteroatoms. The van der Waals surface area contributed by atoms with Crippen LogP contribution in [0.2, 0.25) is 0 Å². The van der Waals surface area contributed by atoms with Crippen LogP contribution in [0.15, 0.2) is 35.2 Å². The lowest BCUT2D eigenvalue weighted by molar-refractivity contribution is -0.637. The molecule has 1 fully saturated rings. The maximum absolute atomic E-state index is 13.3. The third-order valence-electron chi connectivity index (χ3n) is 5.59. The summed E-state index contributed by atoms with van der Waals surface area (Å²) in [5.41, 5.74) is 6.55. The Balaban J connectivity index is 1.95. The molecule has 1 radical (unpaired) electrons. The van der Waals surface area contributed by atoms with Gasteiger partial charge in [-0.2, -0.15) is 5.90 Å². The third kappa shape index (κ3) is 3.25. The van der Waals surface area contributed by atoms with Gasteiger partial charge in [0.15, 0.2) is 11.6 Å². The Bertz CT molecular complexity index is 1060. The van der Waals surface area contributed by atoms with Crippen LogP contribution in [0.3, 0.4) is 0 Å². The lowest BCUT2D eigenvalue weighted by Crippen LogP contribution is -2.52. The van der Waals surface area contributed by atoms with Crippen molar-refractivity contribution in [3.63, 3.8) is 0 Å². The number of carbonyl (C=O) groups is 2. The first-order valence-corrected chi connectivity index (χ1v) is 10.9. The summed E-state index contributed by atoms with van der Waals surface area (Å²) in [5.74, 6) is 2.14. The summed E-state index contributed by atoms with van der Waals surface area (Å²) in [5, 5.41) is 3.29. The summed E-state index contributed by atoms with van der Waals surface area (Å²) in [6.45, 7) is 0. The maximum atomic E-state index is 13.3. The molecule has 4 rings (SSSR count). The predicted octanol–water partition coefficient (Wildman–Crippen LogP) is 2.08. The highest BCUT2D eigenvalue weighted by Gasteiger charge is 2.45. The quantitative estimate of drug-likeness (QED) is 0.337. The van der Waals surface area contributed by atoms with Crippen LogP contribution in [0.4, 0.5) is 11.4 Å². The molecule has 0 aromatic heterocycles. The Morgan fingerprint density at radius 1 is 1.03 bits per heavy atom. The minimum Gasteiger partial charge on any atom is -0.394 e. The minimum atomic E-state index is -4.28. The molecule has 0 bridgehead atoms. The number of anilines is 2. The molecule has 2 aromatic carbocycles. The van der Waals surface area contributed by atoms with Crippen LogP contribution in [-0.4, -0.2) is 17.6 Å². The van der Waals surface area contributed by atoms with Crippen LogP contribution in [0.1, 0.15) is 63.9 Å². The third-order valence-corrected chi connectivity index (χ3v) is 6.78. The average Bonchev–Trinajstić information content (AvgIpc) is 2.73. The molecule has 1 saturated carbocycles. The summed E-state index contributed by atoms with van der Waals surface area (Å²) in [6.07, 6.45) is 5.00. The molecule has 8 nitrogen and oxygen atoms in total. The van der Waals surface area contributed by atoms with Crippen molar-refractivity contribution >= 4 is 33.4 Å². The standard InChI is InChI=1S/C20H21N3O5S/c21-18-15(29(26,27)28-22)10-14(23-11-6-2-1-3-7-11)16-17(18)20(25)13-9-5-4-8-12(13)19(16)24/h4-5,8-11H,1-3,6-7H2,22H3,(H2-,21,23,24,25,26)/q+1/p+1. The number of hydrogen-bond acceptors (Lipinski definition) is 6. The van der Waals surface area contributed by atoms with Gasteiger partial charge in [0.05, 0.1) is 25.7 Å². The molecular formula is C20H22N3O5S+2. The normalized spacial score (nSPS) is 18.7. The molecule has 1 atom stereocenters. The summed E-state index contributed by atoms with van der Waals surface area (Å²) in [4.78, 5) is 26.1. The number of nitrogens with one attached hydrogen (secondary N) is 1. The topological polar surface area (TPSA) is 146 Å². The second-order valence-electron chi connectivity index (χ2n) is 7.34. The molecule has 2 aliphatic rings. The highest BCUT2D eigenvalue weighted by Crippen LogP contribution is 2.41. The van der Waals surface area contributed by atoms with Crippen molar-refractivity contribution < 1.29 is 28.5 Å². The molecule has 0 spiro atoms. The van der Waals surface area contributed by atoms with Crippen molar-refractivity contribution in [2.45, 2.75) is 43.0 Å². The Hall–Kier alpha value is -2.59. The van der Waals surface area contributed by atoms with E-state index in [4.69, 9.17) is 5.73 Å². The second kappa shape index (κ2) is 7.34. The molecule has 1 unspecified atom stereocenters. The first-order chi connectivity index (χ1) is 13.8. The first kappa shape index (κ1) is 19.7. The van der Waals surface area contributed by atoms with Gasteiger partial charge in [-0.25, -0.2) is 0 Å². The van der Waals surface area contributed by atoms with Crippen molar-refractivity contribution in [3.8, 4) is 0 Å². The highest BCUT2D eigenvalue weighted by atomic mass is 32.3. The van der Waals surface area contributed by atoms with E-state index in [1.54, 1.807) is 18.2 Å². The number of nitrogen functional groups attached to an aromatic ring is 1. The van der Waals surface area contributed by atoms with Crippen LogP contribution in [0, 0.1) is 0 Å². The molecule has 0 amide bonds. The summed E-state index contributed by atoms with van der Waals surface area (Å²) in [6, 6.07) is 7.80. The molecular weight excluding hydrogens is 394 g/mol. The number of ketones is 2. The number of quaternary nitrogens is 1. The van der Waals surface area contributed by atoms with E-state index in [2.05, 4.69) is 15.5 Å². The number of carbonyl (C=O) groups excluding carboxylic acids is 2. The van der Waals surface area contributed by atoms with Gasteiger partial charge in [0.1, 0.15) is 5.69 Å². The van der Waals surface area contributed by atoms with E-state index in [0.717, 1.165) is 32.1 Å². The van der Waals surface area contributed by atoms with Gasteiger partial charge in [-0.3, -0.25) is 9.59 Å². The fourth-order valence-electron chi connectivity index (χ4n) is 4.14. The fourth-order valence-corrected chi connectivity index (χ4v) is 4.91. The van der Waals surface area contributed by atoms with Gasteiger partial charge >= 0.3 is 10.5 Å². The Morgan fingerprint density at radius 3 is 2.21 bits per heavy atom. The van der Waals surface area contributed by atoms with E-state index >= 15 is 0 Å². The summed E-state index contributed by atoms with van der Waals surface area (Å²) in [7, 11) is -4.28. The van der Waals surface area contributed by atoms with Crippen molar-refractivity contribution in [3.05, 3.63) is 52.6 Å². The van der Waals surface area contributed by atoms with Gasteiger partial charge in [0.2, 0.25) is 0 Å². The maximum Gasteiger partial charge on any atom is 0.484 e. The zero-order chi connectivity index (χ0) is 20.8. The van der Waals surface area contributed by atoms with E-state index in [0.29, 0.717) is 0 Å². The van der Waals surface area contributed by atoms with E-state index < -0.39 is 16.3 Å². The monoisotopic (exact) mass is 416 g/mol. The Kier molecular flexibility index (Phi) is 4.99. The molecule has 0 heterocycles. The number of benzene rings is 2. The van der Waals surface area contributed by atoms with E-state index in [-0.39, 0.29) is 50.3 Å². The molecule has 6 N–H and O–H groups in total. The zero-order valence-electron chi connectivity index (χ0n) is 15.7. The van der Waals surface area contributed by atoms with Gasteiger partial charge in [-0.15, -0.1) is 0 Å². The van der Waals surface area contributed by atoms with Crippen LogP contribution >= 0.6 is 0 Å². The van der Waals surface area contributed by atoms with E-state index in [1.807, 2.05) is 0 Å². The van der Waals surface area contributed by atoms with Crippen molar-refractivity contribution in [2.75, 3.05) is 11.1 Å². The number of hydrogen-bond donors (Lipinski definition) is 3. The van der Waals surface area contributed by atoms with Crippen molar-refractivity contribution in [1.82, 2.24) is 0 Å². The average molecular weight is 416 g/mol.